The van der Waals surface area contributed by atoms with Gasteiger partial charge < -0.3 is 10.2 Å². The van der Waals surface area contributed by atoms with Gasteiger partial charge in [-0.15, -0.1) is 0 Å². The average molecular weight is 403 g/mol. The van der Waals surface area contributed by atoms with Gasteiger partial charge in [-0.3, -0.25) is 9.59 Å². The number of carbonyl (C=O) groups excluding carboxylic acids is 2. The van der Waals surface area contributed by atoms with E-state index < -0.39 is 0 Å². The molecule has 0 saturated heterocycles. The molecule has 0 unspecified atom stereocenters. The normalized spacial score (nSPS) is 28.9. The van der Waals surface area contributed by atoms with Gasteiger partial charge in [0, 0.05) is 23.5 Å². The molecule has 156 valence electrons. The zero-order chi connectivity index (χ0) is 20.7. The zero-order valence-electron chi connectivity index (χ0n) is 17.6. The largest absolute Gasteiger partial charge is 0.326 e. The van der Waals surface area contributed by atoms with Crippen molar-refractivity contribution in [2.24, 2.45) is 23.2 Å². The van der Waals surface area contributed by atoms with Crippen LogP contribution in [0.3, 0.4) is 0 Å². The third kappa shape index (κ3) is 3.42. The molecule has 0 spiro atoms. The van der Waals surface area contributed by atoms with E-state index in [-0.39, 0.29) is 17.2 Å². The Labute approximate surface area is 178 Å². The molecule has 4 heteroatoms. The Morgan fingerprint density at radius 3 is 2.17 bits per heavy atom. The zero-order valence-corrected chi connectivity index (χ0v) is 17.6. The highest BCUT2D eigenvalue weighted by atomic mass is 16.2. The first-order valence-electron chi connectivity index (χ1n) is 11.3. The number of hydrogen-bond acceptors (Lipinski definition) is 2. The van der Waals surface area contributed by atoms with E-state index in [2.05, 4.69) is 5.32 Å². The number of nitrogens with zero attached hydrogens (tertiary/aromatic N) is 1. The summed E-state index contributed by atoms with van der Waals surface area (Å²) in [6.07, 6.45) is 7.10. The lowest BCUT2D eigenvalue weighted by molar-refractivity contribution is -0.140. The van der Waals surface area contributed by atoms with E-state index in [9.17, 15) is 9.59 Å². The predicted octanol–water partition coefficient (Wildman–Crippen LogP) is 5.51. The average Bonchev–Trinajstić information content (AvgIpc) is 2.74. The summed E-state index contributed by atoms with van der Waals surface area (Å²) in [5.41, 5.74) is 2.02. The lowest BCUT2D eigenvalue weighted by atomic mass is 9.49. The monoisotopic (exact) mass is 402 g/mol. The first-order valence-corrected chi connectivity index (χ1v) is 11.3. The van der Waals surface area contributed by atoms with Gasteiger partial charge >= 0.3 is 0 Å². The number of anilines is 2. The smallest absolute Gasteiger partial charge is 0.258 e. The third-order valence-electron chi connectivity index (χ3n) is 7.52. The van der Waals surface area contributed by atoms with Crippen molar-refractivity contribution in [1.29, 1.82) is 0 Å². The minimum Gasteiger partial charge on any atom is -0.326 e. The summed E-state index contributed by atoms with van der Waals surface area (Å²) in [4.78, 5) is 28.3. The highest BCUT2D eigenvalue weighted by molar-refractivity contribution is 6.07. The highest BCUT2D eigenvalue weighted by Crippen LogP contribution is 2.60. The van der Waals surface area contributed by atoms with Crippen LogP contribution in [0.4, 0.5) is 11.4 Å². The minimum atomic E-state index is -0.186. The second-order valence-electron chi connectivity index (χ2n) is 9.62. The van der Waals surface area contributed by atoms with Gasteiger partial charge in [-0.05, 0) is 93.5 Å². The maximum atomic E-state index is 13.4. The molecule has 4 aliphatic rings. The molecule has 0 heterocycles. The van der Waals surface area contributed by atoms with Gasteiger partial charge in [0.05, 0.1) is 5.41 Å². The Morgan fingerprint density at radius 1 is 0.933 bits per heavy atom. The molecule has 4 bridgehead atoms. The number of nitrogens with one attached hydrogen (secondary N) is 1. The van der Waals surface area contributed by atoms with E-state index in [0.29, 0.717) is 12.1 Å². The van der Waals surface area contributed by atoms with Crippen LogP contribution in [-0.2, 0) is 4.79 Å². The molecule has 0 aromatic heterocycles. The van der Waals surface area contributed by atoms with E-state index in [4.69, 9.17) is 0 Å². The predicted molar refractivity (Wildman–Crippen MR) is 119 cm³/mol. The maximum absolute atomic E-state index is 13.4. The van der Waals surface area contributed by atoms with Crippen molar-refractivity contribution in [1.82, 2.24) is 0 Å². The molecule has 1 N–H and O–H groups in total. The lowest BCUT2D eigenvalue weighted by Gasteiger charge is -2.55. The molecule has 2 aromatic rings. The molecule has 0 aliphatic heterocycles. The first-order chi connectivity index (χ1) is 14.6. The van der Waals surface area contributed by atoms with Crippen LogP contribution in [0.15, 0.2) is 54.6 Å². The molecule has 30 heavy (non-hydrogen) atoms. The van der Waals surface area contributed by atoms with Crippen LogP contribution in [0.5, 0.6) is 0 Å². The van der Waals surface area contributed by atoms with Gasteiger partial charge in [-0.1, -0.05) is 24.3 Å². The van der Waals surface area contributed by atoms with Crippen molar-refractivity contribution in [3.8, 4) is 0 Å². The number of hydrogen-bond donors (Lipinski definition) is 1. The van der Waals surface area contributed by atoms with Crippen LogP contribution >= 0.6 is 0 Å². The summed E-state index contributed by atoms with van der Waals surface area (Å²) in [5.74, 6) is 2.33. The minimum absolute atomic E-state index is 0.0467. The van der Waals surface area contributed by atoms with E-state index in [1.807, 2.05) is 61.5 Å². The van der Waals surface area contributed by atoms with Crippen LogP contribution in [0.2, 0.25) is 0 Å². The SMILES string of the molecule is CCN(C(=O)c1cccc(NC(=O)C23CC4CC(CC(C4)C2)C3)c1)c1ccccc1. The number of benzene rings is 2. The van der Waals surface area contributed by atoms with Gasteiger partial charge in [0.1, 0.15) is 0 Å². The fourth-order valence-corrected chi connectivity index (χ4v) is 6.59. The summed E-state index contributed by atoms with van der Waals surface area (Å²) in [7, 11) is 0. The fourth-order valence-electron chi connectivity index (χ4n) is 6.59. The molecule has 0 radical (unpaired) electrons. The van der Waals surface area contributed by atoms with Crippen LogP contribution < -0.4 is 10.2 Å². The Bertz CT molecular complexity index is 917. The van der Waals surface area contributed by atoms with Crippen molar-refractivity contribution < 1.29 is 9.59 Å². The van der Waals surface area contributed by atoms with Crippen LogP contribution in [-0.4, -0.2) is 18.4 Å². The molecule has 4 fully saturated rings. The summed E-state index contributed by atoms with van der Waals surface area (Å²) in [6, 6.07) is 17.1. The molecule has 0 atom stereocenters. The van der Waals surface area contributed by atoms with Crippen molar-refractivity contribution in [3.63, 3.8) is 0 Å². The molecular weight excluding hydrogens is 372 g/mol. The van der Waals surface area contributed by atoms with E-state index in [1.165, 1.54) is 19.3 Å². The van der Waals surface area contributed by atoms with Gasteiger partial charge in [0.15, 0.2) is 0 Å². The Balaban J connectivity index is 1.34. The third-order valence-corrected chi connectivity index (χ3v) is 7.52. The van der Waals surface area contributed by atoms with Crippen molar-refractivity contribution >= 4 is 23.2 Å². The molecular formula is C26H30N2O2. The van der Waals surface area contributed by atoms with Crippen molar-refractivity contribution in [3.05, 3.63) is 60.2 Å². The number of carbonyl (C=O) groups is 2. The lowest BCUT2D eigenvalue weighted by Crippen LogP contribution is -2.51. The van der Waals surface area contributed by atoms with Gasteiger partial charge in [0.25, 0.3) is 5.91 Å². The van der Waals surface area contributed by atoms with Crippen molar-refractivity contribution in [2.45, 2.75) is 45.4 Å². The van der Waals surface area contributed by atoms with Gasteiger partial charge in [-0.2, -0.15) is 0 Å². The molecule has 4 aliphatic carbocycles. The van der Waals surface area contributed by atoms with Gasteiger partial charge in [0.2, 0.25) is 5.91 Å². The summed E-state index contributed by atoms with van der Waals surface area (Å²) >= 11 is 0. The summed E-state index contributed by atoms with van der Waals surface area (Å²) in [6.45, 7) is 2.57. The maximum Gasteiger partial charge on any atom is 0.258 e. The molecule has 2 aromatic carbocycles. The molecule has 2 amide bonds. The van der Waals surface area contributed by atoms with Gasteiger partial charge in [-0.25, -0.2) is 0 Å². The number of para-hydroxylation sites is 1. The Hall–Kier alpha value is -2.62. The Morgan fingerprint density at radius 2 is 1.57 bits per heavy atom. The second kappa shape index (κ2) is 7.57. The van der Waals surface area contributed by atoms with Crippen LogP contribution in [0.25, 0.3) is 0 Å². The molecule has 6 rings (SSSR count). The van der Waals surface area contributed by atoms with E-state index in [1.54, 1.807) is 4.90 Å². The summed E-state index contributed by atoms with van der Waals surface area (Å²) in [5, 5.41) is 3.18. The molecule has 4 saturated carbocycles. The van der Waals surface area contributed by atoms with E-state index in [0.717, 1.165) is 48.4 Å². The van der Waals surface area contributed by atoms with Crippen LogP contribution in [0.1, 0.15) is 55.8 Å². The quantitative estimate of drug-likeness (QED) is 0.717. The Kier molecular flexibility index (Phi) is 4.88. The highest BCUT2D eigenvalue weighted by Gasteiger charge is 2.54. The topological polar surface area (TPSA) is 49.4 Å². The van der Waals surface area contributed by atoms with Crippen molar-refractivity contribution in [2.75, 3.05) is 16.8 Å². The van der Waals surface area contributed by atoms with Crippen LogP contribution in [0, 0.1) is 23.2 Å². The number of rotatable bonds is 5. The fraction of sp³-hybridized carbons (Fsp3) is 0.462. The molecule has 4 nitrogen and oxygen atoms in total. The second-order valence-corrected chi connectivity index (χ2v) is 9.62. The van der Waals surface area contributed by atoms with E-state index >= 15 is 0 Å². The summed E-state index contributed by atoms with van der Waals surface area (Å²) < 4.78 is 0. The first kappa shape index (κ1) is 19.3. The standard InChI is InChI=1S/C26H30N2O2/c1-2-28(23-9-4-3-5-10-23)24(29)21-7-6-8-22(14-21)27-25(30)26-15-18-11-19(16-26)13-20(12-18)17-26/h3-10,14,18-20H,2,11-13,15-17H2,1H3,(H,27,30). The number of amides is 2.